The Bertz CT molecular complexity index is 885. The second-order valence-electron chi connectivity index (χ2n) is 7.62. The molecule has 1 amide bonds. The number of aromatic hydroxyl groups is 1. The molecule has 158 valence electrons. The predicted molar refractivity (Wildman–Crippen MR) is 107 cm³/mol. The SMILES string of the molecule is COCC(C)Oc1cc(O)cc(C(=O)Nc2cc(C)n(C(=O)OC(C)(C)C)n2)c1. The molecule has 0 aliphatic rings. The van der Waals surface area contributed by atoms with Crippen LogP contribution in [0.1, 0.15) is 43.7 Å². The molecule has 0 spiro atoms. The van der Waals surface area contributed by atoms with Gasteiger partial charge < -0.3 is 24.6 Å². The standard InChI is InChI=1S/C20H27N3O6/c1-12-7-17(22-23(12)19(26)29-20(3,4)5)21-18(25)14-8-15(24)10-16(9-14)28-13(2)11-27-6/h7-10,13,24H,11H2,1-6H3,(H,21,22,25). The van der Waals surface area contributed by atoms with Crippen LogP contribution in [0.2, 0.25) is 0 Å². The first-order valence-electron chi connectivity index (χ1n) is 9.09. The molecule has 2 rings (SSSR count). The summed E-state index contributed by atoms with van der Waals surface area (Å²) in [6.45, 7) is 9.09. The minimum Gasteiger partial charge on any atom is -0.508 e. The molecular weight excluding hydrogens is 378 g/mol. The molecule has 0 aliphatic heterocycles. The van der Waals surface area contributed by atoms with Crippen molar-refractivity contribution in [3.8, 4) is 11.5 Å². The number of phenols is 1. The number of rotatable bonds is 6. The van der Waals surface area contributed by atoms with Crippen LogP contribution < -0.4 is 10.1 Å². The van der Waals surface area contributed by atoms with Crippen LogP contribution in [0.4, 0.5) is 10.6 Å². The normalized spacial score (nSPS) is 12.3. The summed E-state index contributed by atoms with van der Waals surface area (Å²) >= 11 is 0. The molecule has 1 aromatic carbocycles. The van der Waals surface area contributed by atoms with Gasteiger partial charge in [0.1, 0.15) is 23.2 Å². The number of nitrogens with one attached hydrogen (secondary N) is 1. The number of carbonyl (C=O) groups excluding carboxylic acids is 2. The quantitative estimate of drug-likeness (QED) is 0.758. The smallest absolute Gasteiger partial charge is 0.435 e. The van der Waals surface area contributed by atoms with Crippen LogP contribution in [0.15, 0.2) is 24.3 Å². The lowest BCUT2D eigenvalue weighted by Gasteiger charge is -2.19. The molecule has 9 nitrogen and oxygen atoms in total. The number of benzene rings is 1. The van der Waals surface area contributed by atoms with Gasteiger partial charge in [0.2, 0.25) is 0 Å². The number of aryl methyl sites for hydroxylation is 1. The lowest BCUT2D eigenvalue weighted by atomic mass is 10.2. The zero-order valence-electron chi connectivity index (χ0n) is 17.5. The summed E-state index contributed by atoms with van der Waals surface area (Å²) in [6.07, 6.45) is -0.902. The zero-order chi connectivity index (χ0) is 21.8. The molecule has 1 heterocycles. The Morgan fingerprint density at radius 2 is 1.93 bits per heavy atom. The zero-order valence-corrected chi connectivity index (χ0v) is 17.5. The van der Waals surface area contributed by atoms with Gasteiger partial charge in [-0.2, -0.15) is 4.68 Å². The second kappa shape index (κ2) is 8.95. The van der Waals surface area contributed by atoms with E-state index in [9.17, 15) is 14.7 Å². The lowest BCUT2D eigenvalue weighted by molar-refractivity contribution is 0.0511. The van der Waals surface area contributed by atoms with E-state index >= 15 is 0 Å². The van der Waals surface area contributed by atoms with Gasteiger partial charge in [0.05, 0.1) is 6.61 Å². The number of aromatic nitrogens is 2. The van der Waals surface area contributed by atoms with Crippen LogP contribution in [0.25, 0.3) is 0 Å². The Labute approximate surface area is 169 Å². The molecule has 2 N–H and O–H groups in total. The molecule has 0 aliphatic carbocycles. The number of ether oxygens (including phenoxy) is 3. The summed E-state index contributed by atoms with van der Waals surface area (Å²) in [6, 6.07) is 5.76. The summed E-state index contributed by atoms with van der Waals surface area (Å²) in [5.74, 6) is -0.126. The highest BCUT2D eigenvalue weighted by molar-refractivity contribution is 6.04. The number of methoxy groups -OCH3 is 1. The first kappa shape index (κ1) is 22.2. The molecule has 0 radical (unpaired) electrons. The van der Waals surface area contributed by atoms with Crippen LogP contribution in [0.5, 0.6) is 11.5 Å². The van der Waals surface area contributed by atoms with E-state index in [1.165, 1.54) is 18.2 Å². The number of hydrogen-bond donors (Lipinski definition) is 2. The van der Waals surface area contributed by atoms with Crippen molar-refractivity contribution in [2.24, 2.45) is 0 Å². The third-order valence-electron chi connectivity index (χ3n) is 3.59. The Morgan fingerprint density at radius 1 is 1.24 bits per heavy atom. The molecule has 0 saturated heterocycles. The van der Waals surface area contributed by atoms with Crippen molar-refractivity contribution in [2.45, 2.75) is 46.3 Å². The van der Waals surface area contributed by atoms with Gasteiger partial charge in [0, 0.05) is 30.5 Å². The van der Waals surface area contributed by atoms with E-state index in [-0.39, 0.29) is 23.2 Å². The third kappa shape index (κ3) is 6.49. The van der Waals surface area contributed by atoms with E-state index in [0.29, 0.717) is 18.1 Å². The van der Waals surface area contributed by atoms with Crippen molar-refractivity contribution in [1.82, 2.24) is 9.78 Å². The van der Waals surface area contributed by atoms with Crippen molar-refractivity contribution >= 4 is 17.8 Å². The van der Waals surface area contributed by atoms with Gasteiger partial charge in [0.15, 0.2) is 5.82 Å². The monoisotopic (exact) mass is 405 g/mol. The van der Waals surface area contributed by atoms with Crippen LogP contribution in [-0.2, 0) is 9.47 Å². The summed E-state index contributed by atoms with van der Waals surface area (Å²) in [5, 5.41) is 16.6. The largest absolute Gasteiger partial charge is 0.508 e. The highest BCUT2D eigenvalue weighted by Gasteiger charge is 2.21. The van der Waals surface area contributed by atoms with Crippen LogP contribution in [0.3, 0.4) is 0 Å². The summed E-state index contributed by atoms with van der Waals surface area (Å²) < 4.78 is 17.0. The van der Waals surface area contributed by atoms with Crippen molar-refractivity contribution in [3.05, 3.63) is 35.5 Å². The second-order valence-corrected chi connectivity index (χ2v) is 7.62. The molecule has 1 aromatic heterocycles. The van der Waals surface area contributed by atoms with E-state index < -0.39 is 17.6 Å². The minimum absolute atomic E-state index is 0.118. The fraction of sp³-hybridized carbons (Fsp3) is 0.450. The molecule has 0 bridgehead atoms. The van der Waals surface area contributed by atoms with Crippen LogP contribution >= 0.6 is 0 Å². The highest BCUT2D eigenvalue weighted by Crippen LogP contribution is 2.24. The van der Waals surface area contributed by atoms with Gasteiger partial charge >= 0.3 is 6.09 Å². The topological polar surface area (TPSA) is 112 Å². The minimum atomic E-state index is -0.670. The molecule has 29 heavy (non-hydrogen) atoms. The Morgan fingerprint density at radius 3 is 2.55 bits per heavy atom. The van der Waals surface area contributed by atoms with Crippen LogP contribution in [-0.4, -0.2) is 52.3 Å². The first-order valence-corrected chi connectivity index (χ1v) is 9.09. The molecule has 9 heteroatoms. The Balaban J connectivity index is 2.15. The molecule has 2 aromatic rings. The maximum Gasteiger partial charge on any atom is 0.435 e. The van der Waals surface area contributed by atoms with E-state index in [1.807, 2.05) is 0 Å². The van der Waals surface area contributed by atoms with Gasteiger partial charge in [-0.25, -0.2) is 4.79 Å². The number of hydrogen-bond acceptors (Lipinski definition) is 7. The predicted octanol–water partition coefficient (Wildman–Crippen LogP) is 3.35. The number of phenolic OH excluding ortho intramolecular Hbond substituents is 1. The maximum absolute atomic E-state index is 12.6. The summed E-state index contributed by atoms with van der Waals surface area (Å²) in [5.41, 5.74) is 0.00790. The molecule has 1 unspecified atom stereocenters. The van der Waals surface area contributed by atoms with Crippen molar-refractivity contribution < 1.29 is 28.9 Å². The average Bonchev–Trinajstić information content (AvgIpc) is 2.93. The number of anilines is 1. The van der Waals surface area contributed by atoms with Crippen molar-refractivity contribution in [1.29, 1.82) is 0 Å². The number of nitrogens with zero attached hydrogens (tertiary/aromatic N) is 2. The third-order valence-corrected chi connectivity index (χ3v) is 3.59. The lowest BCUT2D eigenvalue weighted by Crippen LogP contribution is -2.28. The maximum atomic E-state index is 12.6. The first-order chi connectivity index (χ1) is 13.5. The average molecular weight is 405 g/mol. The van der Waals surface area contributed by atoms with Gasteiger partial charge in [0.25, 0.3) is 5.91 Å². The van der Waals surface area contributed by atoms with E-state index in [2.05, 4.69) is 10.4 Å². The van der Waals surface area contributed by atoms with E-state index in [1.54, 1.807) is 47.8 Å². The van der Waals surface area contributed by atoms with Gasteiger partial charge in [-0.1, -0.05) is 0 Å². The molecule has 1 atom stereocenters. The fourth-order valence-corrected chi connectivity index (χ4v) is 2.50. The van der Waals surface area contributed by atoms with E-state index in [0.717, 1.165) is 4.68 Å². The fourth-order valence-electron chi connectivity index (χ4n) is 2.50. The molecule has 0 fully saturated rings. The van der Waals surface area contributed by atoms with Gasteiger partial charge in [-0.05, 0) is 46.8 Å². The Kier molecular flexibility index (Phi) is 6.86. The van der Waals surface area contributed by atoms with Gasteiger partial charge in [-0.15, -0.1) is 5.10 Å². The van der Waals surface area contributed by atoms with E-state index in [4.69, 9.17) is 14.2 Å². The summed E-state index contributed by atoms with van der Waals surface area (Å²) in [4.78, 5) is 24.8. The highest BCUT2D eigenvalue weighted by atomic mass is 16.6. The Hall–Kier alpha value is -3.07. The van der Waals surface area contributed by atoms with Crippen molar-refractivity contribution in [2.75, 3.05) is 19.0 Å². The number of carbonyl (C=O) groups is 2. The molecular formula is C20H27N3O6. The number of amides is 1. The van der Waals surface area contributed by atoms with Crippen LogP contribution in [0, 0.1) is 6.92 Å². The molecule has 0 saturated carbocycles. The van der Waals surface area contributed by atoms with Gasteiger partial charge in [-0.3, -0.25) is 4.79 Å². The van der Waals surface area contributed by atoms with Crippen molar-refractivity contribution in [3.63, 3.8) is 0 Å². The summed E-state index contributed by atoms with van der Waals surface area (Å²) in [7, 11) is 1.56.